The molecule has 4 nitrogen and oxygen atoms in total. The normalized spacial score (nSPS) is 28.5. The van der Waals surface area contributed by atoms with Crippen molar-refractivity contribution >= 4 is 0 Å². The molecule has 1 heterocycles. The minimum absolute atomic E-state index is 0.0718. The molecule has 1 N–H and O–H groups in total. The van der Waals surface area contributed by atoms with Crippen LogP contribution in [0.1, 0.15) is 58.1 Å². The van der Waals surface area contributed by atoms with Crippen molar-refractivity contribution in [3.05, 3.63) is 18.0 Å². The summed E-state index contributed by atoms with van der Waals surface area (Å²) in [6.07, 6.45) is 8.90. The van der Waals surface area contributed by atoms with Gasteiger partial charge in [-0.25, -0.2) is 0 Å². The molecule has 1 unspecified atom stereocenters. The van der Waals surface area contributed by atoms with Crippen molar-refractivity contribution in [2.75, 3.05) is 13.7 Å². The Kier molecular flexibility index (Phi) is 5.22. The van der Waals surface area contributed by atoms with E-state index in [4.69, 9.17) is 4.74 Å². The molecule has 114 valence electrons. The van der Waals surface area contributed by atoms with E-state index in [0.717, 1.165) is 31.9 Å². The van der Waals surface area contributed by atoms with Gasteiger partial charge in [0, 0.05) is 24.9 Å². The summed E-state index contributed by atoms with van der Waals surface area (Å²) in [5.74, 6) is 0.819. The molecule has 2 rings (SSSR count). The second-order valence-corrected chi connectivity index (χ2v) is 6.03. The number of aromatic nitrogens is 2. The van der Waals surface area contributed by atoms with E-state index in [0.29, 0.717) is 0 Å². The van der Waals surface area contributed by atoms with Crippen LogP contribution in [0.3, 0.4) is 0 Å². The van der Waals surface area contributed by atoms with Gasteiger partial charge in [-0.1, -0.05) is 6.92 Å². The van der Waals surface area contributed by atoms with E-state index in [9.17, 15) is 0 Å². The van der Waals surface area contributed by atoms with Gasteiger partial charge in [-0.15, -0.1) is 0 Å². The summed E-state index contributed by atoms with van der Waals surface area (Å²) in [6.45, 7) is 8.25. The summed E-state index contributed by atoms with van der Waals surface area (Å²) >= 11 is 0. The summed E-state index contributed by atoms with van der Waals surface area (Å²) in [6, 6.07) is 0.232. The van der Waals surface area contributed by atoms with E-state index in [1.54, 1.807) is 0 Å². The van der Waals surface area contributed by atoms with Gasteiger partial charge >= 0.3 is 0 Å². The maximum atomic E-state index is 6.27. The highest BCUT2D eigenvalue weighted by molar-refractivity contribution is 5.17. The van der Waals surface area contributed by atoms with Crippen LogP contribution in [0.25, 0.3) is 0 Å². The highest BCUT2D eigenvalue weighted by Gasteiger charge is 2.42. The predicted octanol–water partition coefficient (Wildman–Crippen LogP) is 3.15. The molecule has 0 saturated heterocycles. The van der Waals surface area contributed by atoms with E-state index in [-0.39, 0.29) is 11.6 Å². The quantitative estimate of drug-likeness (QED) is 0.869. The first-order valence-corrected chi connectivity index (χ1v) is 7.98. The van der Waals surface area contributed by atoms with Gasteiger partial charge in [0.05, 0.1) is 17.8 Å². The van der Waals surface area contributed by atoms with E-state index in [2.05, 4.69) is 37.4 Å². The van der Waals surface area contributed by atoms with Crippen molar-refractivity contribution < 1.29 is 4.74 Å². The SMILES string of the molecule is CCOC1(C(NC)c2cnn(CC)c2)CCC(C)CC1. The number of hydrogen-bond acceptors (Lipinski definition) is 3. The Hall–Kier alpha value is -0.870. The largest absolute Gasteiger partial charge is 0.373 e. The molecule has 4 heteroatoms. The molecule has 0 aliphatic heterocycles. The third-order valence-corrected chi connectivity index (χ3v) is 4.68. The molecule has 0 bridgehead atoms. The minimum atomic E-state index is -0.0718. The van der Waals surface area contributed by atoms with E-state index in [1.165, 1.54) is 18.4 Å². The number of aryl methyl sites for hydroxylation is 1. The van der Waals surface area contributed by atoms with Crippen LogP contribution in [-0.4, -0.2) is 29.0 Å². The summed E-state index contributed by atoms with van der Waals surface area (Å²) in [5, 5.41) is 7.91. The van der Waals surface area contributed by atoms with Crippen LogP contribution >= 0.6 is 0 Å². The van der Waals surface area contributed by atoms with Crippen LogP contribution in [-0.2, 0) is 11.3 Å². The van der Waals surface area contributed by atoms with Crippen molar-refractivity contribution in [3.8, 4) is 0 Å². The van der Waals surface area contributed by atoms with Crippen LogP contribution in [0.5, 0.6) is 0 Å². The molecule has 1 saturated carbocycles. The van der Waals surface area contributed by atoms with Crippen molar-refractivity contribution in [2.45, 2.75) is 64.6 Å². The van der Waals surface area contributed by atoms with Gasteiger partial charge in [-0.2, -0.15) is 5.10 Å². The third-order valence-electron chi connectivity index (χ3n) is 4.68. The topological polar surface area (TPSA) is 39.1 Å². The number of nitrogens with zero attached hydrogens (tertiary/aromatic N) is 2. The van der Waals surface area contributed by atoms with E-state index < -0.39 is 0 Å². The summed E-state index contributed by atoms with van der Waals surface area (Å²) in [7, 11) is 2.03. The van der Waals surface area contributed by atoms with Gasteiger partial charge in [0.25, 0.3) is 0 Å². The molecule has 1 aliphatic rings. The monoisotopic (exact) mass is 279 g/mol. The van der Waals surface area contributed by atoms with Gasteiger partial charge < -0.3 is 10.1 Å². The molecular formula is C16H29N3O. The first-order chi connectivity index (χ1) is 9.65. The molecule has 0 amide bonds. The molecule has 0 aromatic carbocycles. The Balaban J connectivity index is 2.25. The third kappa shape index (κ3) is 3.07. The summed E-state index contributed by atoms with van der Waals surface area (Å²) < 4.78 is 8.26. The summed E-state index contributed by atoms with van der Waals surface area (Å²) in [5.41, 5.74) is 1.18. The first kappa shape index (κ1) is 15.5. The van der Waals surface area contributed by atoms with Crippen molar-refractivity contribution in [1.29, 1.82) is 0 Å². The number of nitrogens with one attached hydrogen (secondary N) is 1. The van der Waals surface area contributed by atoms with Gasteiger partial charge in [0.15, 0.2) is 0 Å². The second kappa shape index (κ2) is 6.72. The standard InChI is InChI=1S/C16H29N3O/c1-5-19-12-14(11-18-19)15(17-4)16(20-6-2)9-7-13(3)8-10-16/h11-13,15,17H,5-10H2,1-4H3. The molecular weight excluding hydrogens is 250 g/mol. The highest BCUT2D eigenvalue weighted by atomic mass is 16.5. The molecule has 0 spiro atoms. The van der Waals surface area contributed by atoms with Gasteiger partial charge in [0.2, 0.25) is 0 Å². The maximum absolute atomic E-state index is 6.27. The average Bonchev–Trinajstić information content (AvgIpc) is 2.92. The fourth-order valence-corrected chi connectivity index (χ4v) is 3.49. The molecule has 0 radical (unpaired) electrons. The van der Waals surface area contributed by atoms with Gasteiger partial charge in [-0.05, 0) is 52.5 Å². The number of hydrogen-bond donors (Lipinski definition) is 1. The number of likely N-dealkylation sites (N-methyl/N-ethyl adjacent to an activating group) is 1. The lowest BCUT2D eigenvalue weighted by molar-refractivity contribution is -0.0962. The Bertz CT molecular complexity index is 408. The van der Waals surface area contributed by atoms with Crippen molar-refractivity contribution in [2.24, 2.45) is 5.92 Å². The zero-order valence-electron chi connectivity index (χ0n) is 13.4. The smallest absolute Gasteiger partial charge is 0.0877 e. The Morgan fingerprint density at radius 2 is 2.15 bits per heavy atom. The number of rotatable bonds is 6. The fourth-order valence-electron chi connectivity index (χ4n) is 3.49. The van der Waals surface area contributed by atoms with Gasteiger partial charge in [0.1, 0.15) is 0 Å². The van der Waals surface area contributed by atoms with E-state index in [1.807, 2.05) is 17.9 Å². The zero-order chi connectivity index (χ0) is 14.6. The lowest BCUT2D eigenvalue weighted by atomic mass is 9.74. The molecule has 1 aromatic rings. The predicted molar refractivity (Wildman–Crippen MR) is 81.7 cm³/mol. The lowest BCUT2D eigenvalue weighted by Gasteiger charge is -2.44. The maximum Gasteiger partial charge on any atom is 0.0877 e. The fraction of sp³-hybridized carbons (Fsp3) is 0.812. The Morgan fingerprint density at radius 3 is 2.65 bits per heavy atom. The van der Waals surface area contributed by atoms with Crippen LogP contribution < -0.4 is 5.32 Å². The minimum Gasteiger partial charge on any atom is -0.373 e. The average molecular weight is 279 g/mol. The van der Waals surface area contributed by atoms with Gasteiger partial charge in [-0.3, -0.25) is 4.68 Å². The lowest BCUT2D eigenvalue weighted by Crippen LogP contribution is -2.47. The van der Waals surface area contributed by atoms with E-state index >= 15 is 0 Å². The molecule has 1 fully saturated rings. The molecule has 1 aliphatic carbocycles. The van der Waals surface area contributed by atoms with Crippen LogP contribution in [0.15, 0.2) is 12.4 Å². The first-order valence-electron chi connectivity index (χ1n) is 7.98. The Morgan fingerprint density at radius 1 is 1.45 bits per heavy atom. The Labute approximate surface area is 122 Å². The van der Waals surface area contributed by atoms with Crippen LogP contribution in [0, 0.1) is 5.92 Å². The van der Waals surface area contributed by atoms with Crippen LogP contribution in [0.2, 0.25) is 0 Å². The second-order valence-electron chi connectivity index (χ2n) is 6.03. The van der Waals surface area contributed by atoms with Crippen molar-refractivity contribution in [1.82, 2.24) is 15.1 Å². The van der Waals surface area contributed by atoms with Crippen molar-refractivity contribution in [3.63, 3.8) is 0 Å². The summed E-state index contributed by atoms with van der Waals surface area (Å²) in [4.78, 5) is 0. The molecule has 20 heavy (non-hydrogen) atoms. The molecule has 1 atom stereocenters. The zero-order valence-corrected chi connectivity index (χ0v) is 13.4. The van der Waals surface area contributed by atoms with Crippen LogP contribution in [0.4, 0.5) is 0 Å². The molecule has 1 aromatic heterocycles. The number of ether oxygens (including phenoxy) is 1. The highest BCUT2D eigenvalue weighted by Crippen LogP contribution is 2.43.